The van der Waals surface area contributed by atoms with Gasteiger partial charge >= 0.3 is 0 Å². The lowest BCUT2D eigenvalue weighted by molar-refractivity contribution is -0.130. The van der Waals surface area contributed by atoms with E-state index in [1.165, 1.54) is 12.8 Å². The van der Waals surface area contributed by atoms with Crippen molar-refractivity contribution in [3.05, 3.63) is 29.8 Å². The van der Waals surface area contributed by atoms with Gasteiger partial charge in [-0.25, -0.2) is 0 Å². The number of nitrogens with two attached hydrogens (primary N) is 1. The van der Waals surface area contributed by atoms with Crippen molar-refractivity contribution in [2.45, 2.75) is 57.5 Å². The minimum absolute atomic E-state index is 0.0787. The Morgan fingerprint density at radius 3 is 2.57 bits per heavy atom. The smallest absolute Gasteiger partial charge is 0.229 e. The number of piperidine rings is 1. The minimum atomic E-state index is -0.291. The van der Waals surface area contributed by atoms with Gasteiger partial charge in [-0.15, -0.1) is 0 Å². The summed E-state index contributed by atoms with van der Waals surface area (Å²) in [4.78, 5) is 41.1. The van der Waals surface area contributed by atoms with E-state index in [0.29, 0.717) is 32.1 Å². The molecular formula is C23H32N4O3. The molecule has 1 aliphatic carbocycles. The number of carbonyl (C=O) groups excluding carboxylic acids is 3. The van der Waals surface area contributed by atoms with E-state index in [0.717, 1.165) is 43.5 Å². The number of likely N-dealkylation sites (tertiary alicyclic amines) is 2. The first-order valence-electron chi connectivity index (χ1n) is 11.2. The van der Waals surface area contributed by atoms with Gasteiger partial charge in [0.25, 0.3) is 0 Å². The zero-order valence-electron chi connectivity index (χ0n) is 17.5. The van der Waals surface area contributed by atoms with E-state index < -0.39 is 0 Å². The predicted octanol–water partition coefficient (Wildman–Crippen LogP) is 2.11. The average Bonchev–Trinajstić information content (AvgIpc) is 3.39. The van der Waals surface area contributed by atoms with Crippen LogP contribution in [0.4, 0.5) is 5.69 Å². The monoisotopic (exact) mass is 412 g/mol. The van der Waals surface area contributed by atoms with Gasteiger partial charge in [-0.05, 0) is 43.9 Å². The summed E-state index contributed by atoms with van der Waals surface area (Å²) in [7, 11) is 0. The summed E-state index contributed by atoms with van der Waals surface area (Å²) in [5.41, 5.74) is 7.31. The van der Waals surface area contributed by atoms with Crippen molar-refractivity contribution in [1.82, 2.24) is 9.80 Å². The number of nitrogens with one attached hydrogen (secondary N) is 1. The molecule has 162 valence electrons. The standard InChI is InChI=1S/C23H32N4O3/c24-22(29)17-7-5-11-26(14-17)13-16-6-1-4-10-20(16)25-23(30)18-12-21(28)27(15-18)19-8-2-3-9-19/h1,4,6,10,17-19H,2-3,5,7-9,11-15H2,(H2,24,29)(H,25,30)/t17-,18+/m1/s1. The molecule has 7 heteroatoms. The largest absolute Gasteiger partial charge is 0.369 e. The molecule has 0 unspecified atom stereocenters. The van der Waals surface area contributed by atoms with Crippen LogP contribution in [0.25, 0.3) is 0 Å². The molecule has 0 radical (unpaired) electrons. The fourth-order valence-electron chi connectivity index (χ4n) is 5.16. The van der Waals surface area contributed by atoms with Gasteiger partial charge in [0, 0.05) is 37.8 Å². The number of nitrogens with zero attached hydrogens (tertiary/aromatic N) is 2. The van der Waals surface area contributed by atoms with E-state index in [2.05, 4.69) is 10.2 Å². The first-order valence-corrected chi connectivity index (χ1v) is 11.2. The molecule has 2 atom stereocenters. The number of para-hydroxylation sites is 1. The van der Waals surface area contributed by atoms with Crippen molar-refractivity contribution in [2.75, 3.05) is 25.0 Å². The number of primary amides is 1. The second kappa shape index (κ2) is 9.16. The van der Waals surface area contributed by atoms with Crippen LogP contribution in [0.1, 0.15) is 50.5 Å². The normalized spacial score (nSPS) is 25.6. The number of benzene rings is 1. The van der Waals surface area contributed by atoms with Crippen molar-refractivity contribution >= 4 is 23.4 Å². The summed E-state index contributed by atoms with van der Waals surface area (Å²) in [6, 6.07) is 8.11. The van der Waals surface area contributed by atoms with Gasteiger partial charge < -0.3 is 16.0 Å². The van der Waals surface area contributed by atoms with Gasteiger partial charge in [-0.1, -0.05) is 31.0 Å². The SMILES string of the molecule is NC(=O)[C@@H]1CCCN(Cc2ccccc2NC(=O)[C@H]2CC(=O)N(C3CCCC3)C2)C1. The van der Waals surface area contributed by atoms with Crippen LogP contribution < -0.4 is 11.1 Å². The van der Waals surface area contributed by atoms with Gasteiger partial charge in [0.2, 0.25) is 17.7 Å². The predicted molar refractivity (Wildman–Crippen MR) is 114 cm³/mol. The number of amides is 3. The Morgan fingerprint density at radius 2 is 1.80 bits per heavy atom. The second-order valence-electron chi connectivity index (χ2n) is 9.01. The number of rotatable bonds is 6. The highest BCUT2D eigenvalue weighted by molar-refractivity contribution is 5.97. The first-order chi connectivity index (χ1) is 14.5. The summed E-state index contributed by atoms with van der Waals surface area (Å²) < 4.78 is 0. The van der Waals surface area contributed by atoms with Crippen LogP contribution in [0.5, 0.6) is 0 Å². The highest BCUT2D eigenvalue weighted by Crippen LogP contribution is 2.30. The molecule has 3 fully saturated rings. The Balaban J connectivity index is 1.38. The molecule has 2 aliphatic heterocycles. The van der Waals surface area contributed by atoms with Crippen LogP contribution in [0.3, 0.4) is 0 Å². The molecule has 3 N–H and O–H groups in total. The van der Waals surface area contributed by atoms with E-state index in [4.69, 9.17) is 5.73 Å². The molecule has 4 rings (SSSR count). The lowest BCUT2D eigenvalue weighted by atomic mass is 9.97. The van der Waals surface area contributed by atoms with E-state index >= 15 is 0 Å². The van der Waals surface area contributed by atoms with Crippen molar-refractivity contribution in [3.8, 4) is 0 Å². The van der Waals surface area contributed by atoms with E-state index in [1.54, 1.807) is 0 Å². The maximum atomic E-state index is 12.9. The van der Waals surface area contributed by atoms with Crippen LogP contribution in [-0.2, 0) is 20.9 Å². The Kier molecular flexibility index (Phi) is 6.37. The fourth-order valence-corrected chi connectivity index (χ4v) is 5.16. The van der Waals surface area contributed by atoms with E-state index in [1.807, 2.05) is 29.2 Å². The maximum absolute atomic E-state index is 12.9. The van der Waals surface area contributed by atoms with Crippen LogP contribution >= 0.6 is 0 Å². The third kappa shape index (κ3) is 4.67. The molecule has 2 heterocycles. The number of anilines is 1. The zero-order valence-corrected chi connectivity index (χ0v) is 17.5. The Bertz CT molecular complexity index is 805. The average molecular weight is 413 g/mol. The molecule has 0 aromatic heterocycles. The van der Waals surface area contributed by atoms with Crippen molar-refractivity contribution in [2.24, 2.45) is 17.6 Å². The summed E-state index contributed by atoms with van der Waals surface area (Å²) in [6.07, 6.45) is 6.56. The molecule has 0 bridgehead atoms. The van der Waals surface area contributed by atoms with Gasteiger partial charge in [0.1, 0.15) is 0 Å². The van der Waals surface area contributed by atoms with E-state index in [-0.39, 0.29) is 29.6 Å². The first kappa shape index (κ1) is 20.8. The number of carbonyl (C=O) groups is 3. The zero-order chi connectivity index (χ0) is 21.1. The van der Waals surface area contributed by atoms with Crippen LogP contribution in [0.15, 0.2) is 24.3 Å². The molecule has 7 nitrogen and oxygen atoms in total. The van der Waals surface area contributed by atoms with Crippen LogP contribution in [0, 0.1) is 11.8 Å². The van der Waals surface area contributed by atoms with Crippen molar-refractivity contribution < 1.29 is 14.4 Å². The quantitative estimate of drug-likeness (QED) is 0.748. The van der Waals surface area contributed by atoms with Crippen LogP contribution in [-0.4, -0.2) is 53.2 Å². The number of hydrogen-bond acceptors (Lipinski definition) is 4. The Labute approximate surface area is 178 Å². The molecule has 1 aromatic carbocycles. The molecule has 1 saturated carbocycles. The summed E-state index contributed by atoms with van der Waals surface area (Å²) >= 11 is 0. The molecule has 0 spiro atoms. The minimum Gasteiger partial charge on any atom is -0.369 e. The van der Waals surface area contributed by atoms with Gasteiger partial charge in [0.05, 0.1) is 11.8 Å². The Hall–Kier alpha value is -2.41. The third-order valence-corrected chi connectivity index (χ3v) is 6.87. The lowest BCUT2D eigenvalue weighted by Gasteiger charge is -2.31. The molecule has 2 saturated heterocycles. The van der Waals surface area contributed by atoms with Crippen molar-refractivity contribution in [1.29, 1.82) is 0 Å². The molecule has 1 aromatic rings. The Morgan fingerprint density at radius 1 is 1.03 bits per heavy atom. The topological polar surface area (TPSA) is 95.7 Å². The maximum Gasteiger partial charge on any atom is 0.229 e. The van der Waals surface area contributed by atoms with Gasteiger partial charge in [0.15, 0.2) is 0 Å². The van der Waals surface area contributed by atoms with Gasteiger partial charge in [-0.3, -0.25) is 19.3 Å². The molecular weight excluding hydrogens is 380 g/mol. The van der Waals surface area contributed by atoms with E-state index in [9.17, 15) is 14.4 Å². The molecule has 3 amide bonds. The summed E-state index contributed by atoms with van der Waals surface area (Å²) in [5.74, 6) is -0.600. The summed E-state index contributed by atoms with van der Waals surface area (Å²) in [6.45, 7) is 2.77. The number of hydrogen-bond donors (Lipinski definition) is 2. The third-order valence-electron chi connectivity index (χ3n) is 6.87. The molecule has 3 aliphatic rings. The highest BCUT2D eigenvalue weighted by Gasteiger charge is 2.38. The van der Waals surface area contributed by atoms with Crippen molar-refractivity contribution in [3.63, 3.8) is 0 Å². The van der Waals surface area contributed by atoms with Crippen LogP contribution in [0.2, 0.25) is 0 Å². The molecule has 30 heavy (non-hydrogen) atoms. The van der Waals surface area contributed by atoms with Gasteiger partial charge in [-0.2, -0.15) is 0 Å². The lowest BCUT2D eigenvalue weighted by Crippen LogP contribution is -2.40. The second-order valence-corrected chi connectivity index (χ2v) is 9.01. The highest BCUT2D eigenvalue weighted by atomic mass is 16.2. The fraction of sp³-hybridized carbons (Fsp3) is 0.609. The summed E-state index contributed by atoms with van der Waals surface area (Å²) in [5, 5.41) is 3.07.